The predicted molar refractivity (Wildman–Crippen MR) is 90.4 cm³/mol. The van der Waals surface area contributed by atoms with Crippen LogP contribution in [0.5, 0.6) is 0 Å². The molecule has 0 saturated carbocycles. The van der Waals surface area contributed by atoms with Crippen molar-refractivity contribution in [2.75, 3.05) is 11.4 Å². The van der Waals surface area contributed by atoms with Gasteiger partial charge in [-0.2, -0.15) is 0 Å². The number of hydrogen-bond donors (Lipinski definition) is 0. The van der Waals surface area contributed by atoms with E-state index in [2.05, 4.69) is 47.7 Å². The topological polar surface area (TPSA) is 20.3 Å². The number of hydrogen-bond acceptors (Lipinski definition) is 1. The SMILES string of the molecule is CCc1cccc2c1C(=O)N(c1ccc(I)cc1)CC2. The first-order valence-corrected chi connectivity index (χ1v) is 7.96. The van der Waals surface area contributed by atoms with Gasteiger partial charge in [0.1, 0.15) is 0 Å². The normalized spacial score (nSPS) is 14.3. The summed E-state index contributed by atoms with van der Waals surface area (Å²) >= 11 is 2.28. The van der Waals surface area contributed by atoms with Gasteiger partial charge in [-0.3, -0.25) is 4.79 Å². The molecule has 0 aliphatic carbocycles. The number of fused-ring (bicyclic) bond motifs is 1. The van der Waals surface area contributed by atoms with Crippen LogP contribution >= 0.6 is 22.6 Å². The minimum absolute atomic E-state index is 0.143. The van der Waals surface area contributed by atoms with Crippen LogP contribution in [0.1, 0.15) is 28.4 Å². The second-order valence-corrected chi connectivity index (χ2v) is 6.23. The summed E-state index contributed by atoms with van der Waals surface area (Å²) in [5.41, 5.74) is 4.26. The van der Waals surface area contributed by atoms with Crippen LogP contribution in [0.3, 0.4) is 0 Å². The molecule has 1 amide bonds. The van der Waals surface area contributed by atoms with Gasteiger partial charge >= 0.3 is 0 Å². The molecule has 0 radical (unpaired) electrons. The van der Waals surface area contributed by atoms with Crippen LogP contribution in [0.25, 0.3) is 0 Å². The highest BCUT2D eigenvalue weighted by Gasteiger charge is 2.27. The maximum absolute atomic E-state index is 12.8. The van der Waals surface area contributed by atoms with E-state index >= 15 is 0 Å². The molecule has 0 N–H and O–H groups in total. The Hall–Kier alpha value is -1.36. The molecule has 0 atom stereocenters. The van der Waals surface area contributed by atoms with Crippen molar-refractivity contribution in [3.63, 3.8) is 0 Å². The van der Waals surface area contributed by atoms with E-state index in [0.717, 1.165) is 36.2 Å². The summed E-state index contributed by atoms with van der Waals surface area (Å²) in [5.74, 6) is 0.143. The van der Waals surface area contributed by atoms with Crippen LogP contribution in [0.15, 0.2) is 42.5 Å². The van der Waals surface area contributed by atoms with Crippen molar-refractivity contribution in [3.05, 3.63) is 62.7 Å². The fraction of sp³-hybridized carbons (Fsp3) is 0.235. The maximum Gasteiger partial charge on any atom is 0.258 e. The summed E-state index contributed by atoms with van der Waals surface area (Å²) in [6.07, 6.45) is 1.83. The van der Waals surface area contributed by atoms with Crippen molar-refractivity contribution >= 4 is 34.2 Å². The Labute approximate surface area is 132 Å². The average molecular weight is 377 g/mol. The minimum Gasteiger partial charge on any atom is -0.308 e. The lowest BCUT2D eigenvalue weighted by Crippen LogP contribution is -2.38. The van der Waals surface area contributed by atoms with Crippen LogP contribution in [0.4, 0.5) is 5.69 Å². The molecule has 1 heterocycles. The van der Waals surface area contributed by atoms with Gasteiger partial charge in [0, 0.05) is 21.4 Å². The summed E-state index contributed by atoms with van der Waals surface area (Å²) < 4.78 is 1.19. The summed E-state index contributed by atoms with van der Waals surface area (Å²) in [6.45, 7) is 2.87. The van der Waals surface area contributed by atoms with Gasteiger partial charge in [0.05, 0.1) is 0 Å². The maximum atomic E-state index is 12.8. The van der Waals surface area contributed by atoms with E-state index in [4.69, 9.17) is 0 Å². The summed E-state index contributed by atoms with van der Waals surface area (Å²) in [6, 6.07) is 14.4. The Morgan fingerprint density at radius 1 is 1.15 bits per heavy atom. The fourth-order valence-corrected chi connectivity index (χ4v) is 3.13. The second kappa shape index (κ2) is 5.56. The van der Waals surface area contributed by atoms with Gasteiger partial charge in [0.2, 0.25) is 0 Å². The van der Waals surface area contributed by atoms with Crippen molar-refractivity contribution in [2.24, 2.45) is 0 Å². The monoisotopic (exact) mass is 377 g/mol. The molecule has 0 aromatic heterocycles. The summed E-state index contributed by atoms with van der Waals surface area (Å²) in [5, 5.41) is 0. The van der Waals surface area contributed by atoms with Crippen LogP contribution in [-0.2, 0) is 12.8 Å². The predicted octanol–water partition coefficient (Wildman–Crippen LogP) is 4.06. The van der Waals surface area contributed by atoms with Crippen LogP contribution in [-0.4, -0.2) is 12.5 Å². The molecular formula is C17H16INO. The van der Waals surface area contributed by atoms with Crippen LogP contribution < -0.4 is 4.90 Å². The van der Waals surface area contributed by atoms with E-state index in [-0.39, 0.29) is 5.91 Å². The zero-order valence-corrected chi connectivity index (χ0v) is 13.6. The van der Waals surface area contributed by atoms with E-state index in [1.54, 1.807) is 0 Å². The molecule has 2 aromatic carbocycles. The highest BCUT2D eigenvalue weighted by atomic mass is 127. The van der Waals surface area contributed by atoms with Gasteiger partial charge in [-0.1, -0.05) is 25.1 Å². The number of nitrogens with zero attached hydrogens (tertiary/aromatic N) is 1. The van der Waals surface area contributed by atoms with Crippen LogP contribution in [0, 0.1) is 3.57 Å². The molecule has 0 saturated heterocycles. The van der Waals surface area contributed by atoms with Crippen LogP contribution in [0.2, 0.25) is 0 Å². The number of anilines is 1. The Balaban J connectivity index is 2.02. The van der Waals surface area contributed by atoms with E-state index in [1.165, 1.54) is 9.13 Å². The largest absolute Gasteiger partial charge is 0.308 e. The van der Waals surface area contributed by atoms with Crippen molar-refractivity contribution in [1.82, 2.24) is 0 Å². The minimum atomic E-state index is 0.143. The van der Waals surface area contributed by atoms with Gasteiger partial charge in [0.25, 0.3) is 5.91 Å². The third kappa shape index (κ3) is 2.35. The molecule has 20 heavy (non-hydrogen) atoms. The van der Waals surface area contributed by atoms with Gasteiger partial charge in [-0.25, -0.2) is 0 Å². The highest BCUT2D eigenvalue weighted by molar-refractivity contribution is 14.1. The molecule has 0 bridgehead atoms. The van der Waals surface area contributed by atoms with E-state index in [1.807, 2.05) is 29.2 Å². The third-order valence-corrected chi connectivity index (χ3v) is 4.54. The second-order valence-electron chi connectivity index (χ2n) is 4.99. The first-order chi connectivity index (χ1) is 9.70. The molecule has 2 aromatic rings. The van der Waals surface area contributed by atoms with E-state index < -0.39 is 0 Å². The Bertz CT molecular complexity index is 634. The quantitative estimate of drug-likeness (QED) is 0.723. The van der Waals surface area contributed by atoms with Crippen molar-refractivity contribution in [2.45, 2.75) is 19.8 Å². The molecule has 0 unspecified atom stereocenters. The third-order valence-electron chi connectivity index (χ3n) is 3.82. The number of carbonyl (C=O) groups is 1. The average Bonchev–Trinajstić information content (AvgIpc) is 2.48. The molecule has 3 rings (SSSR count). The van der Waals surface area contributed by atoms with Gasteiger partial charge < -0.3 is 4.90 Å². The van der Waals surface area contributed by atoms with Crippen molar-refractivity contribution < 1.29 is 4.79 Å². The summed E-state index contributed by atoms with van der Waals surface area (Å²) in [7, 11) is 0. The van der Waals surface area contributed by atoms with E-state index in [0.29, 0.717) is 0 Å². The molecule has 0 spiro atoms. The van der Waals surface area contributed by atoms with Gasteiger partial charge in [0.15, 0.2) is 0 Å². The molecule has 0 fully saturated rings. The first kappa shape index (κ1) is 13.6. The smallest absolute Gasteiger partial charge is 0.258 e. The molecule has 102 valence electrons. The lowest BCUT2D eigenvalue weighted by molar-refractivity contribution is 0.0979. The molecular weight excluding hydrogens is 361 g/mol. The Morgan fingerprint density at radius 2 is 1.90 bits per heavy atom. The standard InChI is InChI=1S/C17H16INO/c1-2-12-4-3-5-13-10-11-19(17(20)16(12)13)15-8-6-14(18)7-9-15/h3-9H,2,10-11H2,1H3. The highest BCUT2D eigenvalue weighted by Crippen LogP contribution is 2.27. The molecule has 2 nitrogen and oxygen atoms in total. The number of amides is 1. The Morgan fingerprint density at radius 3 is 2.60 bits per heavy atom. The van der Waals surface area contributed by atoms with E-state index in [9.17, 15) is 4.79 Å². The fourth-order valence-electron chi connectivity index (χ4n) is 2.77. The van der Waals surface area contributed by atoms with Crippen molar-refractivity contribution in [3.8, 4) is 0 Å². The number of aryl methyl sites for hydroxylation is 1. The van der Waals surface area contributed by atoms with Gasteiger partial charge in [-0.05, 0) is 70.8 Å². The number of benzene rings is 2. The zero-order chi connectivity index (χ0) is 14.1. The summed E-state index contributed by atoms with van der Waals surface area (Å²) in [4.78, 5) is 14.7. The lowest BCUT2D eigenvalue weighted by atomic mass is 9.93. The van der Waals surface area contributed by atoms with Crippen molar-refractivity contribution in [1.29, 1.82) is 0 Å². The number of halogens is 1. The Kier molecular flexibility index (Phi) is 3.78. The number of carbonyl (C=O) groups excluding carboxylic acids is 1. The van der Waals surface area contributed by atoms with Gasteiger partial charge in [-0.15, -0.1) is 0 Å². The lowest BCUT2D eigenvalue weighted by Gasteiger charge is -2.30. The first-order valence-electron chi connectivity index (χ1n) is 6.89. The number of rotatable bonds is 2. The molecule has 1 aliphatic rings. The molecule has 3 heteroatoms. The zero-order valence-electron chi connectivity index (χ0n) is 11.4. The molecule has 1 aliphatic heterocycles.